The normalized spacial score (nSPS) is 20.5. The fraction of sp³-hybridized carbons (Fsp3) is 0.667. The van der Waals surface area contributed by atoms with Gasteiger partial charge >= 0.3 is 0 Å². The molecule has 5 heteroatoms. The number of hydrogen-bond donors (Lipinski definition) is 1. The molecule has 2 rings (SSSR count). The summed E-state index contributed by atoms with van der Waals surface area (Å²) >= 11 is 1.94. The Balaban J connectivity index is 2.15. The zero-order valence-electron chi connectivity index (χ0n) is 10.3. The molecule has 0 saturated carbocycles. The van der Waals surface area contributed by atoms with Crippen LogP contribution in [-0.4, -0.2) is 27.1 Å². The summed E-state index contributed by atoms with van der Waals surface area (Å²) in [6.45, 7) is 4.00. The number of anilines is 1. The van der Waals surface area contributed by atoms with Crippen LogP contribution in [0.1, 0.15) is 32.7 Å². The summed E-state index contributed by atoms with van der Waals surface area (Å²) in [4.78, 5) is 16.3. The zero-order chi connectivity index (χ0) is 12.3. The third kappa shape index (κ3) is 3.03. The van der Waals surface area contributed by atoms with E-state index in [2.05, 4.69) is 10.3 Å². The minimum Gasteiger partial charge on any atom is -0.362 e. The fourth-order valence-electron chi connectivity index (χ4n) is 1.98. The second-order valence-electron chi connectivity index (χ2n) is 4.64. The molecule has 1 saturated heterocycles. The quantitative estimate of drug-likeness (QED) is 0.896. The molecule has 0 bridgehead atoms. The van der Waals surface area contributed by atoms with Gasteiger partial charge in [-0.25, -0.2) is 4.98 Å². The van der Waals surface area contributed by atoms with Crippen molar-refractivity contribution in [1.29, 1.82) is 0 Å². The summed E-state index contributed by atoms with van der Waals surface area (Å²) in [5.74, 6) is 2.79. The zero-order valence-corrected chi connectivity index (χ0v) is 11.2. The van der Waals surface area contributed by atoms with E-state index in [1.807, 2.05) is 25.6 Å². The Hall–Kier alpha value is -0.970. The largest absolute Gasteiger partial charge is 0.362 e. The number of thioether (sulfide) groups is 1. The molecule has 1 unspecified atom stereocenters. The van der Waals surface area contributed by atoms with Crippen LogP contribution in [-0.2, 0) is 0 Å². The molecule has 1 aliphatic rings. The van der Waals surface area contributed by atoms with Crippen molar-refractivity contribution in [2.24, 2.45) is 0 Å². The second kappa shape index (κ2) is 5.58. The Bertz CT molecular complexity index is 424. The molecule has 1 atom stereocenters. The van der Waals surface area contributed by atoms with Gasteiger partial charge in [-0.05, 0) is 32.4 Å². The van der Waals surface area contributed by atoms with Crippen molar-refractivity contribution < 1.29 is 0 Å². The van der Waals surface area contributed by atoms with Gasteiger partial charge in [0, 0.05) is 30.2 Å². The van der Waals surface area contributed by atoms with Gasteiger partial charge in [0.15, 0.2) is 5.82 Å². The van der Waals surface area contributed by atoms with E-state index in [-0.39, 0.29) is 11.6 Å². The summed E-state index contributed by atoms with van der Waals surface area (Å²) in [6.07, 6.45) is 5.78. The van der Waals surface area contributed by atoms with E-state index in [1.165, 1.54) is 12.2 Å². The van der Waals surface area contributed by atoms with Crippen LogP contribution in [0.15, 0.2) is 17.2 Å². The molecule has 94 valence electrons. The van der Waals surface area contributed by atoms with Crippen molar-refractivity contribution in [1.82, 2.24) is 9.55 Å². The first kappa shape index (κ1) is 12.5. The van der Waals surface area contributed by atoms with E-state index in [0.717, 1.165) is 12.2 Å². The van der Waals surface area contributed by atoms with Crippen LogP contribution in [0.2, 0.25) is 0 Å². The third-order valence-corrected chi connectivity index (χ3v) is 4.14. The van der Waals surface area contributed by atoms with Gasteiger partial charge in [0.1, 0.15) is 0 Å². The van der Waals surface area contributed by atoms with E-state index in [0.29, 0.717) is 11.9 Å². The second-order valence-corrected chi connectivity index (χ2v) is 5.79. The monoisotopic (exact) mass is 253 g/mol. The van der Waals surface area contributed by atoms with Crippen LogP contribution in [0.3, 0.4) is 0 Å². The molecule has 0 aromatic carbocycles. The number of nitrogens with zero attached hydrogens (tertiary/aromatic N) is 2. The molecule has 1 aromatic heterocycles. The van der Waals surface area contributed by atoms with Crippen molar-refractivity contribution in [3.05, 3.63) is 22.7 Å². The molecule has 0 radical (unpaired) electrons. The lowest BCUT2D eigenvalue weighted by atomic mass is 10.2. The Morgan fingerprint density at radius 3 is 3.06 bits per heavy atom. The van der Waals surface area contributed by atoms with Crippen LogP contribution in [0.25, 0.3) is 0 Å². The summed E-state index contributed by atoms with van der Waals surface area (Å²) in [7, 11) is 0. The van der Waals surface area contributed by atoms with Crippen molar-refractivity contribution in [3.8, 4) is 0 Å². The Labute approximate surface area is 106 Å². The van der Waals surface area contributed by atoms with Gasteiger partial charge in [0.2, 0.25) is 0 Å². The predicted octanol–water partition coefficient (Wildman–Crippen LogP) is 2.13. The lowest BCUT2D eigenvalue weighted by Crippen LogP contribution is -2.32. The van der Waals surface area contributed by atoms with Crippen molar-refractivity contribution in [3.63, 3.8) is 0 Å². The summed E-state index contributed by atoms with van der Waals surface area (Å²) in [6, 6.07) is 0.559. The molecule has 0 spiro atoms. The van der Waals surface area contributed by atoms with Crippen molar-refractivity contribution in [2.45, 2.75) is 38.8 Å². The van der Waals surface area contributed by atoms with Crippen LogP contribution >= 0.6 is 11.8 Å². The van der Waals surface area contributed by atoms with Gasteiger partial charge in [-0.15, -0.1) is 0 Å². The number of rotatable bonds is 3. The highest BCUT2D eigenvalue weighted by Crippen LogP contribution is 2.19. The number of aromatic nitrogens is 2. The fourth-order valence-corrected chi connectivity index (χ4v) is 3.05. The third-order valence-electron chi connectivity index (χ3n) is 2.93. The summed E-state index contributed by atoms with van der Waals surface area (Å²) < 4.78 is 1.71. The molecule has 0 amide bonds. The number of nitrogens with one attached hydrogen (secondary N) is 1. The maximum atomic E-state index is 12.1. The summed E-state index contributed by atoms with van der Waals surface area (Å²) in [5.41, 5.74) is -0.0157. The Morgan fingerprint density at radius 2 is 2.41 bits per heavy atom. The highest BCUT2D eigenvalue weighted by Gasteiger charge is 2.16. The SMILES string of the molecule is CC(C)n1ccnc(NC2CCCSC2)c1=O. The van der Waals surface area contributed by atoms with E-state index in [9.17, 15) is 4.79 Å². The minimum atomic E-state index is -0.0157. The average Bonchev–Trinajstić information content (AvgIpc) is 2.33. The van der Waals surface area contributed by atoms with E-state index in [4.69, 9.17) is 0 Å². The summed E-state index contributed by atoms with van der Waals surface area (Å²) in [5, 5.41) is 3.28. The standard InChI is InChI=1S/C12H19N3OS/c1-9(2)15-6-5-13-11(12(15)16)14-10-4-3-7-17-8-10/h5-6,9-10H,3-4,7-8H2,1-2H3,(H,13,14). The van der Waals surface area contributed by atoms with Crippen LogP contribution in [0.5, 0.6) is 0 Å². The highest BCUT2D eigenvalue weighted by atomic mass is 32.2. The first-order valence-electron chi connectivity index (χ1n) is 6.10. The molecule has 1 N–H and O–H groups in total. The lowest BCUT2D eigenvalue weighted by molar-refractivity contribution is 0.573. The molecule has 2 heterocycles. The molecule has 1 aliphatic heterocycles. The van der Waals surface area contributed by atoms with E-state index in [1.54, 1.807) is 17.0 Å². The van der Waals surface area contributed by atoms with Gasteiger partial charge in [-0.3, -0.25) is 4.79 Å². The first-order chi connectivity index (χ1) is 8.18. The van der Waals surface area contributed by atoms with Crippen molar-refractivity contribution >= 4 is 17.6 Å². The van der Waals surface area contributed by atoms with Gasteiger partial charge < -0.3 is 9.88 Å². The molecular weight excluding hydrogens is 234 g/mol. The lowest BCUT2D eigenvalue weighted by Gasteiger charge is -2.23. The van der Waals surface area contributed by atoms with Gasteiger partial charge in [0.25, 0.3) is 5.56 Å². The molecule has 1 fully saturated rings. The highest BCUT2D eigenvalue weighted by molar-refractivity contribution is 7.99. The Kier molecular flexibility index (Phi) is 4.10. The maximum absolute atomic E-state index is 12.1. The molecule has 17 heavy (non-hydrogen) atoms. The molecule has 0 aliphatic carbocycles. The maximum Gasteiger partial charge on any atom is 0.293 e. The molecular formula is C12H19N3OS. The smallest absolute Gasteiger partial charge is 0.293 e. The van der Waals surface area contributed by atoms with Crippen LogP contribution in [0.4, 0.5) is 5.82 Å². The predicted molar refractivity (Wildman–Crippen MR) is 72.9 cm³/mol. The van der Waals surface area contributed by atoms with Gasteiger partial charge in [-0.2, -0.15) is 11.8 Å². The van der Waals surface area contributed by atoms with E-state index < -0.39 is 0 Å². The van der Waals surface area contributed by atoms with Crippen LogP contribution in [0, 0.1) is 0 Å². The average molecular weight is 253 g/mol. The van der Waals surface area contributed by atoms with Crippen LogP contribution < -0.4 is 10.9 Å². The minimum absolute atomic E-state index is 0.0157. The number of hydrogen-bond acceptors (Lipinski definition) is 4. The van der Waals surface area contributed by atoms with Gasteiger partial charge in [-0.1, -0.05) is 0 Å². The van der Waals surface area contributed by atoms with Gasteiger partial charge in [0.05, 0.1) is 0 Å². The van der Waals surface area contributed by atoms with Crippen molar-refractivity contribution in [2.75, 3.05) is 16.8 Å². The molecule has 4 nitrogen and oxygen atoms in total. The van der Waals surface area contributed by atoms with E-state index >= 15 is 0 Å². The molecule has 1 aromatic rings. The Morgan fingerprint density at radius 1 is 1.59 bits per heavy atom. The topological polar surface area (TPSA) is 46.9 Å². The first-order valence-corrected chi connectivity index (χ1v) is 7.25.